The van der Waals surface area contributed by atoms with Crippen molar-refractivity contribution in [2.24, 2.45) is 0 Å². The van der Waals surface area contributed by atoms with Gasteiger partial charge in [0.25, 0.3) is 5.91 Å². The minimum atomic E-state index is -0.471. The predicted octanol–water partition coefficient (Wildman–Crippen LogP) is 1.88. The molecule has 0 unspecified atom stereocenters. The first-order valence-electron chi connectivity index (χ1n) is 5.31. The van der Waals surface area contributed by atoms with Crippen molar-refractivity contribution in [2.45, 2.75) is 0 Å². The third-order valence-electron chi connectivity index (χ3n) is 2.10. The zero-order valence-corrected chi connectivity index (χ0v) is 10.5. The summed E-state index contributed by atoms with van der Waals surface area (Å²) >= 11 is 1.18. The summed E-state index contributed by atoms with van der Waals surface area (Å²) in [5.41, 5.74) is 0.221. The molecule has 1 aromatic heterocycles. The topological polar surface area (TPSA) is 62.2 Å². The Bertz CT molecular complexity index is 658. The average Bonchev–Trinajstić information content (AvgIpc) is 2.84. The zero-order chi connectivity index (χ0) is 13.7. The van der Waals surface area contributed by atoms with E-state index in [1.807, 2.05) is 0 Å². The molecule has 2 N–H and O–H groups in total. The van der Waals surface area contributed by atoms with Gasteiger partial charge in [0.15, 0.2) is 5.13 Å². The molecule has 0 atom stereocenters. The fraction of sp³-hybridized carbons (Fsp3) is 0.0769. The van der Waals surface area contributed by atoms with Crippen LogP contribution in [0, 0.1) is 17.7 Å². The van der Waals surface area contributed by atoms with Gasteiger partial charge in [-0.05, 0) is 18.2 Å². The van der Waals surface area contributed by atoms with Gasteiger partial charge < -0.3 is 5.11 Å². The highest BCUT2D eigenvalue weighted by atomic mass is 32.1. The van der Waals surface area contributed by atoms with E-state index >= 15 is 0 Å². The van der Waals surface area contributed by atoms with Gasteiger partial charge in [-0.1, -0.05) is 29.2 Å². The van der Waals surface area contributed by atoms with Gasteiger partial charge in [-0.25, -0.2) is 9.37 Å². The summed E-state index contributed by atoms with van der Waals surface area (Å²) in [5, 5.41) is 11.5. The van der Waals surface area contributed by atoms with Crippen LogP contribution in [0.1, 0.15) is 15.2 Å². The lowest BCUT2D eigenvalue weighted by Gasteiger charge is -2.00. The highest BCUT2D eigenvalue weighted by Crippen LogP contribution is 2.18. The first-order chi connectivity index (χ1) is 9.19. The third-order valence-corrected chi connectivity index (χ3v) is 2.93. The predicted molar refractivity (Wildman–Crippen MR) is 70.4 cm³/mol. The van der Waals surface area contributed by atoms with E-state index in [1.54, 1.807) is 0 Å². The molecule has 0 saturated heterocycles. The van der Waals surface area contributed by atoms with Crippen LogP contribution in [0.4, 0.5) is 9.52 Å². The minimum Gasteiger partial charge on any atom is -0.384 e. The first-order valence-corrected chi connectivity index (χ1v) is 6.13. The van der Waals surface area contributed by atoms with Crippen molar-refractivity contribution in [1.82, 2.24) is 4.98 Å². The molecule has 2 aromatic rings. The highest BCUT2D eigenvalue weighted by Gasteiger charge is 2.09. The van der Waals surface area contributed by atoms with E-state index in [0.29, 0.717) is 10.0 Å². The Labute approximate surface area is 112 Å². The summed E-state index contributed by atoms with van der Waals surface area (Å²) in [6.07, 6.45) is 1.49. The van der Waals surface area contributed by atoms with Crippen molar-refractivity contribution in [3.8, 4) is 11.8 Å². The van der Waals surface area contributed by atoms with Gasteiger partial charge in [0, 0.05) is 5.56 Å². The molecule has 0 aliphatic carbocycles. The fourth-order valence-electron chi connectivity index (χ4n) is 1.32. The van der Waals surface area contributed by atoms with E-state index in [0.717, 1.165) is 6.07 Å². The zero-order valence-electron chi connectivity index (χ0n) is 9.68. The quantitative estimate of drug-likeness (QED) is 0.823. The maximum absolute atomic E-state index is 13.0. The first kappa shape index (κ1) is 13.2. The number of benzene rings is 1. The van der Waals surface area contributed by atoms with Crippen LogP contribution in [-0.2, 0) is 0 Å². The Morgan fingerprint density at radius 3 is 3.11 bits per heavy atom. The molecular formula is C13H9FN2O2S. The van der Waals surface area contributed by atoms with E-state index in [-0.39, 0.29) is 12.2 Å². The molecule has 0 spiro atoms. The van der Waals surface area contributed by atoms with E-state index < -0.39 is 11.7 Å². The molecule has 0 aliphatic heterocycles. The number of hydrogen-bond donors (Lipinski definition) is 2. The van der Waals surface area contributed by atoms with Crippen LogP contribution in [0.3, 0.4) is 0 Å². The van der Waals surface area contributed by atoms with Crippen LogP contribution in [0.25, 0.3) is 0 Å². The van der Waals surface area contributed by atoms with Crippen LogP contribution in [-0.4, -0.2) is 22.6 Å². The molecule has 1 amide bonds. The highest BCUT2D eigenvalue weighted by molar-refractivity contribution is 7.16. The van der Waals surface area contributed by atoms with Crippen molar-refractivity contribution >= 4 is 22.4 Å². The number of carbonyl (C=O) groups is 1. The van der Waals surface area contributed by atoms with E-state index in [9.17, 15) is 9.18 Å². The fourth-order valence-corrected chi connectivity index (χ4v) is 2.00. The minimum absolute atomic E-state index is 0.221. The largest absolute Gasteiger partial charge is 0.384 e. The number of rotatable bonds is 2. The van der Waals surface area contributed by atoms with Gasteiger partial charge in [-0.3, -0.25) is 10.1 Å². The lowest BCUT2D eigenvalue weighted by Crippen LogP contribution is -2.11. The Balaban J connectivity index is 2.09. The summed E-state index contributed by atoms with van der Waals surface area (Å²) in [5.74, 6) is 4.26. The molecule has 2 rings (SSSR count). The van der Waals surface area contributed by atoms with Crippen molar-refractivity contribution in [3.05, 3.63) is 46.7 Å². The molecule has 1 heterocycles. The Morgan fingerprint density at radius 2 is 2.37 bits per heavy atom. The molecule has 0 saturated carbocycles. The number of carbonyl (C=O) groups excluding carboxylic acids is 1. The molecule has 0 bridgehead atoms. The maximum Gasteiger partial charge on any atom is 0.257 e. The summed E-state index contributed by atoms with van der Waals surface area (Å²) in [7, 11) is 0. The van der Waals surface area contributed by atoms with Gasteiger partial charge in [-0.2, -0.15) is 0 Å². The molecule has 0 aliphatic rings. The normalized spacial score (nSPS) is 9.58. The number of halogens is 1. The number of aromatic nitrogens is 1. The average molecular weight is 276 g/mol. The van der Waals surface area contributed by atoms with E-state index in [4.69, 9.17) is 5.11 Å². The molecule has 1 aromatic carbocycles. The Hall–Kier alpha value is -2.23. The number of nitrogens with zero attached hydrogens (tertiary/aromatic N) is 1. The number of aliphatic hydroxyl groups excluding tert-OH is 1. The van der Waals surface area contributed by atoms with Gasteiger partial charge in [0.05, 0.1) is 11.1 Å². The molecule has 96 valence electrons. The number of thiazole rings is 1. The molecule has 4 nitrogen and oxygen atoms in total. The molecule has 19 heavy (non-hydrogen) atoms. The summed E-state index contributed by atoms with van der Waals surface area (Å²) < 4.78 is 13.0. The molecular weight excluding hydrogens is 267 g/mol. The standard InChI is InChI=1S/C13H9FN2O2S/c14-10-4-1-3-9(7-10)12(18)16-13-15-8-11(19-13)5-2-6-17/h1,3-4,7-8,17H,6H2,(H,15,16,18). The van der Waals surface area contributed by atoms with Gasteiger partial charge in [-0.15, -0.1) is 0 Å². The number of hydrogen-bond acceptors (Lipinski definition) is 4. The number of anilines is 1. The lowest BCUT2D eigenvalue weighted by molar-refractivity contribution is 0.102. The van der Waals surface area contributed by atoms with Crippen molar-refractivity contribution < 1.29 is 14.3 Å². The molecule has 0 fully saturated rings. The molecule has 0 radical (unpaired) electrons. The number of amides is 1. The Kier molecular flexibility index (Phi) is 4.23. The van der Waals surface area contributed by atoms with Crippen LogP contribution >= 0.6 is 11.3 Å². The van der Waals surface area contributed by atoms with E-state index in [1.165, 1.54) is 35.7 Å². The number of nitrogens with one attached hydrogen (secondary N) is 1. The van der Waals surface area contributed by atoms with E-state index in [2.05, 4.69) is 22.1 Å². The lowest BCUT2D eigenvalue weighted by atomic mass is 10.2. The van der Waals surface area contributed by atoms with Crippen molar-refractivity contribution in [2.75, 3.05) is 11.9 Å². The summed E-state index contributed by atoms with van der Waals surface area (Å²) in [4.78, 5) is 16.4. The summed E-state index contributed by atoms with van der Waals surface area (Å²) in [6, 6.07) is 5.39. The van der Waals surface area contributed by atoms with Crippen molar-refractivity contribution in [1.29, 1.82) is 0 Å². The van der Waals surface area contributed by atoms with Crippen LogP contribution < -0.4 is 5.32 Å². The SMILES string of the molecule is O=C(Nc1ncc(C#CCO)s1)c1cccc(F)c1. The van der Waals surface area contributed by atoms with Crippen LogP contribution in [0.5, 0.6) is 0 Å². The van der Waals surface area contributed by atoms with Gasteiger partial charge >= 0.3 is 0 Å². The monoisotopic (exact) mass is 276 g/mol. The third kappa shape index (κ3) is 3.61. The Morgan fingerprint density at radius 1 is 1.53 bits per heavy atom. The van der Waals surface area contributed by atoms with Crippen LogP contribution in [0.15, 0.2) is 30.5 Å². The second-order valence-electron chi connectivity index (χ2n) is 3.45. The second kappa shape index (κ2) is 6.09. The summed E-state index contributed by atoms with van der Waals surface area (Å²) in [6.45, 7) is -0.233. The van der Waals surface area contributed by atoms with Crippen molar-refractivity contribution in [3.63, 3.8) is 0 Å². The maximum atomic E-state index is 13.0. The molecule has 6 heteroatoms. The smallest absolute Gasteiger partial charge is 0.257 e. The van der Waals surface area contributed by atoms with Gasteiger partial charge in [0.2, 0.25) is 0 Å². The van der Waals surface area contributed by atoms with Gasteiger partial charge in [0.1, 0.15) is 12.4 Å². The number of aliphatic hydroxyl groups is 1. The second-order valence-corrected chi connectivity index (χ2v) is 4.48. The van der Waals surface area contributed by atoms with Crippen LogP contribution in [0.2, 0.25) is 0 Å².